The van der Waals surface area contributed by atoms with E-state index < -0.39 is 0 Å². The molecule has 0 radical (unpaired) electrons. The SMILES string of the molecule is CCCCSc1nc(Cl)ncc1Cl. The van der Waals surface area contributed by atoms with Crippen molar-refractivity contribution < 1.29 is 0 Å². The predicted molar refractivity (Wildman–Crippen MR) is 57.7 cm³/mol. The number of halogens is 2. The van der Waals surface area contributed by atoms with Crippen molar-refractivity contribution in [1.29, 1.82) is 0 Å². The highest BCUT2D eigenvalue weighted by molar-refractivity contribution is 7.99. The molecule has 13 heavy (non-hydrogen) atoms. The quantitative estimate of drug-likeness (QED) is 0.346. The minimum atomic E-state index is 0.253. The van der Waals surface area contributed by atoms with Crippen molar-refractivity contribution in [3.8, 4) is 0 Å². The number of nitrogens with zero attached hydrogens (tertiary/aromatic N) is 2. The number of aromatic nitrogens is 2. The van der Waals surface area contributed by atoms with Crippen molar-refractivity contribution in [2.75, 3.05) is 5.75 Å². The molecule has 0 spiro atoms. The first-order valence-corrected chi connectivity index (χ1v) is 5.79. The molecule has 0 fully saturated rings. The Labute approximate surface area is 92.1 Å². The second-order valence-electron chi connectivity index (χ2n) is 2.49. The van der Waals surface area contributed by atoms with Crippen LogP contribution in [0.2, 0.25) is 10.3 Å². The lowest BCUT2D eigenvalue weighted by atomic mass is 10.4. The maximum atomic E-state index is 5.87. The summed E-state index contributed by atoms with van der Waals surface area (Å²) in [6.07, 6.45) is 3.86. The van der Waals surface area contributed by atoms with Gasteiger partial charge in [0.2, 0.25) is 5.28 Å². The summed E-state index contributed by atoms with van der Waals surface area (Å²) in [7, 11) is 0. The monoisotopic (exact) mass is 236 g/mol. The van der Waals surface area contributed by atoms with Gasteiger partial charge in [-0.2, -0.15) is 0 Å². The van der Waals surface area contributed by atoms with E-state index in [9.17, 15) is 0 Å². The first-order chi connectivity index (χ1) is 6.24. The van der Waals surface area contributed by atoms with Crippen LogP contribution in [0.3, 0.4) is 0 Å². The van der Waals surface area contributed by atoms with Crippen molar-refractivity contribution in [3.63, 3.8) is 0 Å². The molecule has 72 valence electrons. The number of unbranched alkanes of at least 4 members (excludes halogenated alkanes) is 1. The Morgan fingerprint density at radius 3 is 2.92 bits per heavy atom. The van der Waals surface area contributed by atoms with Gasteiger partial charge < -0.3 is 0 Å². The molecule has 1 rings (SSSR count). The lowest BCUT2D eigenvalue weighted by Crippen LogP contribution is -1.87. The zero-order chi connectivity index (χ0) is 9.68. The van der Waals surface area contributed by atoms with Crippen molar-refractivity contribution in [1.82, 2.24) is 9.97 Å². The van der Waals surface area contributed by atoms with Crippen LogP contribution in [0.15, 0.2) is 11.2 Å². The van der Waals surface area contributed by atoms with E-state index in [0.717, 1.165) is 17.2 Å². The molecule has 0 amide bonds. The first-order valence-electron chi connectivity index (χ1n) is 4.05. The zero-order valence-electron chi connectivity index (χ0n) is 7.26. The first kappa shape index (κ1) is 11.1. The fraction of sp³-hybridized carbons (Fsp3) is 0.500. The van der Waals surface area contributed by atoms with E-state index in [1.807, 2.05) is 0 Å². The van der Waals surface area contributed by atoms with Crippen LogP contribution >= 0.6 is 35.0 Å². The van der Waals surface area contributed by atoms with Crippen LogP contribution in [0.5, 0.6) is 0 Å². The second kappa shape index (κ2) is 5.68. The van der Waals surface area contributed by atoms with Crippen LogP contribution in [-0.2, 0) is 0 Å². The number of hydrogen-bond donors (Lipinski definition) is 0. The Bertz CT molecular complexity index is 281. The summed E-state index contributed by atoms with van der Waals surface area (Å²) >= 11 is 13.1. The lowest BCUT2D eigenvalue weighted by Gasteiger charge is -2.01. The van der Waals surface area contributed by atoms with Crippen molar-refractivity contribution >= 4 is 35.0 Å². The number of thioether (sulfide) groups is 1. The molecular formula is C8H10Cl2N2S. The van der Waals surface area contributed by atoms with E-state index in [1.165, 1.54) is 12.6 Å². The van der Waals surface area contributed by atoms with Gasteiger partial charge in [-0.15, -0.1) is 11.8 Å². The normalized spacial score (nSPS) is 10.4. The minimum Gasteiger partial charge on any atom is -0.225 e. The average molecular weight is 237 g/mol. The molecule has 1 heterocycles. The minimum absolute atomic E-state index is 0.253. The highest BCUT2D eigenvalue weighted by Gasteiger charge is 2.03. The van der Waals surface area contributed by atoms with Crippen LogP contribution in [0, 0.1) is 0 Å². The van der Waals surface area contributed by atoms with Gasteiger partial charge in [-0.3, -0.25) is 0 Å². The fourth-order valence-corrected chi connectivity index (χ4v) is 2.15. The van der Waals surface area contributed by atoms with Gasteiger partial charge in [0, 0.05) is 0 Å². The fourth-order valence-electron chi connectivity index (χ4n) is 0.746. The number of hydrogen-bond acceptors (Lipinski definition) is 3. The van der Waals surface area contributed by atoms with Gasteiger partial charge in [0.15, 0.2) is 0 Å². The van der Waals surface area contributed by atoms with E-state index in [4.69, 9.17) is 23.2 Å². The molecule has 0 saturated heterocycles. The molecule has 0 saturated carbocycles. The van der Waals surface area contributed by atoms with E-state index in [0.29, 0.717) is 5.02 Å². The van der Waals surface area contributed by atoms with Gasteiger partial charge in [-0.25, -0.2) is 9.97 Å². The molecule has 0 unspecified atom stereocenters. The molecule has 5 heteroatoms. The maximum Gasteiger partial charge on any atom is 0.223 e. The summed E-state index contributed by atoms with van der Waals surface area (Å²) in [5.74, 6) is 1.02. The van der Waals surface area contributed by atoms with Crippen molar-refractivity contribution in [3.05, 3.63) is 16.5 Å². The molecule has 0 aromatic carbocycles. The summed E-state index contributed by atoms with van der Waals surface area (Å²) in [5, 5.41) is 1.60. The smallest absolute Gasteiger partial charge is 0.223 e. The molecule has 0 N–H and O–H groups in total. The Morgan fingerprint density at radius 1 is 1.46 bits per heavy atom. The third-order valence-corrected chi connectivity index (χ3v) is 3.07. The average Bonchev–Trinajstić information content (AvgIpc) is 2.11. The predicted octanol–water partition coefficient (Wildman–Crippen LogP) is 3.68. The van der Waals surface area contributed by atoms with Crippen molar-refractivity contribution in [2.45, 2.75) is 24.8 Å². The van der Waals surface area contributed by atoms with Crippen LogP contribution in [0.25, 0.3) is 0 Å². The van der Waals surface area contributed by atoms with Gasteiger partial charge in [0.1, 0.15) is 5.03 Å². The summed E-state index contributed by atoms with van der Waals surface area (Å²) in [6, 6.07) is 0. The van der Waals surface area contributed by atoms with Crippen LogP contribution < -0.4 is 0 Å². The Hall–Kier alpha value is 0.01000. The molecule has 0 aliphatic rings. The largest absolute Gasteiger partial charge is 0.225 e. The Balaban J connectivity index is 2.59. The topological polar surface area (TPSA) is 25.8 Å². The molecule has 2 nitrogen and oxygen atoms in total. The molecule has 0 bridgehead atoms. The second-order valence-corrected chi connectivity index (χ2v) is 4.32. The van der Waals surface area contributed by atoms with E-state index in [-0.39, 0.29) is 5.28 Å². The third-order valence-electron chi connectivity index (χ3n) is 1.42. The molecule has 0 aliphatic heterocycles. The summed E-state index contributed by atoms with van der Waals surface area (Å²) < 4.78 is 0. The number of rotatable bonds is 4. The van der Waals surface area contributed by atoms with Gasteiger partial charge in [-0.05, 0) is 23.8 Å². The lowest BCUT2D eigenvalue weighted by molar-refractivity contribution is 0.894. The van der Waals surface area contributed by atoms with E-state index in [1.54, 1.807) is 11.8 Å². The molecule has 1 aromatic heterocycles. The Morgan fingerprint density at radius 2 is 2.23 bits per heavy atom. The molecular weight excluding hydrogens is 227 g/mol. The highest BCUT2D eigenvalue weighted by Crippen LogP contribution is 2.25. The van der Waals surface area contributed by atoms with Crippen molar-refractivity contribution in [2.24, 2.45) is 0 Å². The van der Waals surface area contributed by atoms with Crippen LogP contribution in [-0.4, -0.2) is 15.7 Å². The Kier molecular flexibility index (Phi) is 4.84. The molecule has 1 aromatic rings. The van der Waals surface area contributed by atoms with Gasteiger partial charge in [0.05, 0.1) is 11.2 Å². The summed E-state index contributed by atoms with van der Waals surface area (Å²) in [4.78, 5) is 7.81. The zero-order valence-corrected chi connectivity index (χ0v) is 9.59. The van der Waals surface area contributed by atoms with E-state index >= 15 is 0 Å². The maximum absolute atomic E-state index is 5.87. The highest BCUT2D eigenvalue weighted by atomic mass is 35.5. The molecule has 0 aliphatic carbocycles. The molecule has 0 atom stereocenters. The van der Waals surface area contributed by atoms with Gasteiger partial charge in [-0.1, -0.05) is 24.9 Å². The van der Waals surface area contributed by atoms with Gasteiger partial charge in [0.25, 0.3) is 0 Å². The van der Waals surface area contributed by atoms with Crippen LogP contribution in [0.1, 0.15) is 19.8 Å². The third kappa shape index (κ3) is 3.71. The summed E-state index contributed by atoms with van der Waals surface area (Å²) in [5.41, 5.74) is 0. The van der Waals surface area contributed by atoms with Crippen LogP contribution in [0.4, 0.5) is 0 Å². The standard InChI is InChI=1S/C8H10Cl2N2S/c1-2-3-4-13-7-6(9)5-11-8(10)12-7/h5H,2-4H2,1H3. The van der Waals surface area contributed by atoms with E-state index in [2.05, 4.69) is 16.9 Å². The van der Waals surface area contributed by atoms with Gasteiger partial charge >= 0.3 is 0 Å². The summed E-state index contributed by atoms with van der Waals surface area (Å²) in [6.45, 7) is 2.15.